The van der Waals surface area contributed by atoms with Gasteiger partial charge in [-0.1, -0.05) is 42.5 Å². The van der Waals surface area contributed by atoms with Gasteiger partial charge in [0.05, 0.1) is 23.4 Å². The van der Waals surface area contributed by atoms with Gasteiger partial charge in [-0.2, -0.15) is 0 Å². The number of phenolic OH excluding ortho intramolecular Hbond substituents is 1. The molecule has 0 unspecified atom stereocenters. The maximum absolute atomic E-state index is 12.9. The Balaban J connectivity index is 1.56. The summed E-state index contributed by atoms with van der Waals surface area (Å²) < 4.78 is 33.4. The lowest BCUT2D eigenvalue weighted by Crippen LogP contribution is -2.16. The second-order valence-corrected chi connectivity index (χ2v) is 9.38. The van der Waals surface area contributed by atoms with Crippen LogP contribution in [0.3, 0.4) is 0 Å². The number of benzene rings is 3. The number of nitrogens with one attached hydrogen (secondary N) is 2. The van der Waals surface area contributed by atoms with Crippen molar-refractivity contribution in [3.63, 3.8) is 0 Å². The highest BCUT2D eigenvalue weighted by molar-refractivity contribution is 7.92. The zero-order valence-electron chi connectivity index (χ0n) is 17.3. The fourth-order valence-electron chi connectivity index (χ4n) is 2.99. The molecule has 4 rings (SSSR count). The van der Waals surface area contributed by atoms with Gasteiger partial charge in [0, 0.05) is 10.9 Å². The van der Waals surface area contributed by atoms with Crippen LogP contribution in [-0.4, -0.2) is 31.5 Å². The maximum Gasteiger partial charge on any atom is 0.275 e. The largest absolute Gasteiger partial charge is 0.506 e. The maximum atomic E-state index is 12.9. The molecule has 10 heteroatoms. The first kappa shape index (κ1) is 22.3. The van der Waals surface area contributed by atoms with Gasteiger partial charge in [-0.05, 0) is 30.3 Å². The number of nitrogens with zero attached hydrogens (tertiary/aromatic N) is 1. The summed E-state index contributed by atoms with van der Waals surface area (Å²) in [4.78, 5) is 16.9. The van der Waals surface area contributed by atoms with Crippen LogP contribution < -0.4 is 14.8 Å². The molecule has 0 atom stereocenters. The summed E-state index contributed by atoms with van der Waals surface area (Å²) in [5.74, 6) is -0.500. The number of para-hydroxylation sites is 2. The molecule has 0 aliphatic heterocycles. The molecule has 168 valence electrons. The lowest BCUT2D eigenvalue weighted by atomic mass is 10.2. The topological polar surface area (TPSA) is 118 Å². The predicted octanol–water partition coefficient (Wildman–Crippen LogP) is 4.58. The number of aromatic nitrogens is 1. The van der Waals surface area contributed by atoms with Crippen LogP contribution in [0.4, 0.5) is 11.4 Å². The van der Waals surface area contributed by atoms with E-state index in [9.17, 15) is 18.3 Å². The Labute approximate surface area is 194 Å². The second kappa shape index (κ2) is 9.31. The van der Waals surface area contributed by atoms with E-state index in [1.165, 1.54) is 36.6 Å². The standard InChI is InChI=1S/C23H19N3O5S2/c1-31-21-10-6-5-9-17(21)26-33(29,30)16-11-12-20(27)18(13-16)24-22(28)19-14-32-23(25-19)15-7-3-2-4-8-15/h2-14,26-27H,1H3,(H,24,28). The Morgan fingerprint density at radius 1 is 1.00 bits per heavy atom. The highest BCUT2D eigenvalue weighted by atomic mass is 32.2. The molecule has 1 amide bonds. The molecule has 4 aromatic rings. The van der Waals surface area contributed by atoms with Gasteiger partial charge < -0.3 is 15.2 Å². The zero-order valence-corrected chi connectivity index (χ0v) is 19.0. The molecule has 0 spiro atoms. The summed E-state index contributed by atoms with van der Waals surface area (Å²) in [6.07, 6.45) is 0. The Bertz CT molecular complexity index is 1400. The third kappa shape index (κ3) is 4.97. The number of aromatic hydroxyl groups is 1. The Morgan fingerprint density at radius 3 is 2.48 bits per heavy atom. The molecule has 0 aliphatic carbocycles. The summed E-state index contributed by atoms with van der Waals surface area (Å²) in [6.45, 7) is 0. The first-order chi connectivity index (χ1) is 15.9. The lowest BCUT2D eigenvalue weighted by Gasteiger charge is -2.13. The average molecular weight is 482 g/mol. The van der Waals surface area contributed by atoms with E-state index in [-0.39, 0.29) is 27.7 Å². The number of anilines is 2. The van der Waals surface area contributed by atoms with Crippen molar-refractivity contribution in [2.45, 2.75) is 4.90 Å². The number of phenols is 1. The number of methoxy groups -OCH3 is 1. The molecular weight excluding hydrogens is 462 g/mol. The molecule has 0 bridgehead atoms. The molecule has 0 saturated carbocycles. The summed E-state index contributed by atoms with van der Waals surface area (Å²) in [6, 6.07) is 19.6. The first-order valence-corrected chi connectivity index (χ1v) is 12.0. The normalized spacial score (nSPS) is 11.1. The molecule has 0 fully saturated rings. The predicted molar refractivity (Wildman–Crippen MR) is 127 cm³/mol. The minimum atomic E-state index is -4.02. The number of thiazole rings is 1. The Kier molecular flexibility index (Phi) is 6.29. The van der Waals surface area contributed by atoms with E-state index in [4.69, 9.17) is 4.74 Å². The minimum Gasteiger partial charge on any atom is -0.506 e. The number of rotatable bonds is 7. The number of amides is 1. The summed E-state index contributed by atoms with van der Waals surface area (Å²) >= 11 is 1.31. The van der Waals surface area contributed by atoms with Crippen molar-refractivity contribution in [2.75, 3.05) is 17.1 Å². The number of sulfonamides is 1. The number of carbonyl (C=O) groups is 1. The van der Waals surface area contributed by atoms with Crippen LogP contribution in [0.25, 0.3) is 10.6 Å². The van der Waals surface area contributed by atoms with Crippen LogP contribution in [0.2, 0.25) is 0 Å². The molecule has 3 aromatic carbocycles. The van der Waals surface area contributed by atoms with E-state index < -0.39 is 15.9 Å². The van der Waals surface area contributed by atoms with E-state index in [0.717, 1.165) is 5.56 Å². The minimum absolute atomic E-state index is 0.0582. The van der Waals surface area contributed by atoms with Gasteiger partial charge in [-0.3, -0.25) is 9.52 Å². The second-order valence-electron chi connectivity index (χ2n) is 6.84. The van der Waals surface area contributed by atoms with Crippen molar-refractivity contribution in [1.29, 1.82) is 0 Å². The van der Waals surface area contributed by atoms with Crippen molar-refractivity contribution in [2.24, 2.45) is 0 Å². The number of ether oxygens (including phenoxy) is 1. The van der Waals surface area contributed by atoms with Gasteiger partial charge in [0.25, 0.3) is 15.9 Å². The average Bonchev–Trinajstić information content (AvgIpc) is 3.32. The van der Waals surface area contributed by atoms with E-state index in [1.54, 1.807) is 29.6 Å². The quantitative estimate of drug-likeness (QED) is 0.333. The smallest absolute Gasteiger partial charge is 0.275 e. The van der Waals surface area contributed by atoms with Gasteiger partial charge in [0.15, 0.2) is 0 Å². The lowest BCUT2D eigenvalue weighted by molar-refractivity contribution is 0.102. The van der Waals surface area contributed by atoms with Crippen LogP contribution in [-0.2, 0) is 10.0 Å². The third-order valence-corrected chi connectivity index (χ3v) is 6.89. The van der Waals surface area contributed by atoms with Crippen molar-refractivity contribution >= 4 is 38.6 Å². The molecular formula is C23H19N3O5S2. The molecule has 1 aromatic heterocycles. The van der Waals surface area contributed by atoms with E-state index in [2.05, 4.69) is 15.0 Å². The molecule has 0 aliphatic rings. The SMILES string of the molecule is COc1ccccc1NS(=O)(=O)c1ccc(O)c(NC(=O)c2csc(-c3ccccc3)n2)c1. The van der Waals surface area contributed by atoms with Gasteiger partial charge in [-0.15, -0.1) is 11.3 Å². The Hall–Kier alpha value is -3.89. The van der Waals surface area contributed by atoms with E-state index in [0.29, 0.717) is 10.8 Å². The van der Waals surface area contributed by atoms with Crippen LogP contribution in [0.1, 0.15) is 10.5 Å². The summed E-state index contributed by atoms with van der Waals surface area (Å²) in [7, 11) is -2.59. The molecule has 0 radical (unpaired) electrons. The fraction of sp³-hybridized carbons (Fsp3) is 0.0435. The van der Waals surface area contributed by atoms with Crippen LogP contribution in [0.5, 0.6) is 11.5 Å². The van der Waals surface area contributed by atoms with Crippen LogP contribution in [0, 0.1) is 0 Å². The first-order valence-electron chi connectivity index (χ1n) is 9.68. The molecule has 33 heavy (non-hydrogen) atoms. The third-order valence-electron chi connectivity index (χ3n) is 4.64. The number of hydrogen-bond donors (Lipinski definition) is 3. The van der Waals surface area contributed by atoms with Gasteiger partial charge in [-0.25, -0.2) is 13.4 Å². The summed E-state index contributed by atoms with van der Waals surface area (Å²) in [5, 5.41) is 15.0. The van der Waals surface area contributed by atoms with Gasteiger partial charge in [0.1, 0.15) is 22.2 Å². The Morgan fingerprint density at radius 2 is 1.73 bits per heavy atom. The zero-order chi connectivity index (χ0) is 23.4. The highest BCUT2D eigenvalue weighted by Gasteiger charge is 2.20. The van der Waals surface area contributed by atoms with Crippen molar-refractivity contribution in [3.05, 3.63) is 83.9 Å². The molecule has 3 N–H and O–H groups in total. The molecule has 1 heterocycles. The summed E-state index contributed by atoms with van der Waals surface area (Å²) in [5.41, 5.74) is 1.23. The van der Waals surface area contributed by atoms with Crippen molar-refractivity contribution < 1.29 is 23.1 Å². The number of hydrogen-bond acceptors (Lipinski definition) is 7. The van der Waals surface area contributed by atoms with E-state index in [1.807, 2.05) is 30.3 Å². The highest BCUT2D eigenvalue weighted by Crippen LogP contribution is 2.31. The molecule has 0 saturated heterocycles. The van der Waals surface area contributed by atoms with Crippen LogP contribution in [0.15, 0.2) is 83.1 Å². The van der Waals surface area contributed by atoms with Crippen molar-refractivity contribution in [3.8, 4) is 22.1 Å². The monoisotopic (exact) mass is 481 g/mol. The van der Waals surface area contributed by atoms with Gasteiger partial charge in [0.2, 0.25) is 0 Å². The fourth-order valence-corrected chi connectivity index (χ4v) is 4.90. The van der Waals surface area contributed by atoms with Crippen LogP contribution >= 0.6 is 11.3 Å². The van der Waals surface area contributed by atoms with Crippen molar-refractivity contribution in [1.82, 2.24) is 4.98 Å². The van der Waals surface area contributed by atoms with Gasteiger partial charge >= 0.3 is 0 Å². The van der Waals surface area contributed by atoms with E-state index >= 15 is 0 Å². The number of carbonyl (C=O) groups excluding carboxylic acids is 1. The molecule has 8 nitrogen and oxygen atoms in total.